The third-order valence-electron chi connectivity index (χ3n) is 6.06. The number of nitro benzene ring substituents is 1. The van der Waals surface area contributed by atoms with Crippen molar-refractivity contribution in [1.82, 2.24) is 4.57 Å². The number of allylic oxidation sites excluding steroid dienone is 1. The molecule has 0 saturated carbocycles. The lowest BCUT2D eigenvalue weighted by atomic mass is 9.85. The van der Waals surface area contributed by atoms with Crippen LogP contribution in [0.5, 0.6) is 0 Å². The van der Waals surface area contributed by atoms with E-state index in [1.165, 1.54) is 34.6 Å². The molecule has 1 aliphatic heterocycles. The predicted octanol–water partition coefficient (Wildman–Crippen LogP) is 4.29. The lowest BCUT2D eigenvalue weighted by Crippen LogP contribution is -2.38. The summed E-state index contributed by atoms with van der Waals surface area (Å²) in [6.07, 6.45) is 3.50. The Bertz CT molecular complexity index is 1630. The van der Waals surface area contributed by atoms with Crippen molar-refractivity contribution in [3.05, 3.63) is 123 Å². The van der Waals surface area contributed by atoms with Crippen LogP contribution >= 0.6 is 22.7 Å². The monoisotopic (exact) mass is 471 g/mol. The number of hydrogen-bond donors (Lipinski definition) is 0. The molecule has 4 aromatic rings. The van der Waals surface area contributed by atoms with Gasteiger partial charge in [-0.1, -0.05) is 53.8 Å². The average Bonchev–Trinajstić information content (AvgIpc) is 3.46. The first-order valence-electron chi connectivity index (χ1n) is 10.5. The molecular formula is C25H17N3O3S2. The Morgan fingerprint density at radius 3 is 2.79 bits per heavy atom. The van der Waals surface area contributed by atoms with Gasteiger partial charge in [-0.25, -0.2) is 4.99 Å². The molecule has 2 aromatic heterocycles. The van der Waals surface area contributed by atoms with E-state index in [4.69, 9.17) is 4.99 Å². The van der Waals surface area contributed by atoms with E-state index in [1.807, 2.05) is 17.5 Å². The molecule has 0 bridgehead atoms. The SMILES string of the molecule is O=c1/c(=C\c2cccc([N+](=O)[O-])c2)sc2n1[C@H](c1cccs1)C1=C(N=2)c2ccccc2CC1. The number of hydrogen-bond acceptors (Lipinski definition) is 6. The van der Waals surface area contributed by atoms with E-state index >= 15 is 0 Å². The van der Waals surface area contributed by atoms with Gasteiger partial charge in [0.1, 0.15) is 0 Å². The van der Waals surface area contributed by atoms with Gasteiger partial charge in [-0.15, -0.1) is 11.3 Å². The molecule has 6 nitrogen and oxygen atoms in total. The Morgan fingerprint density at radius 2 is 1.97 bits per heavy atom. The summed E-state index contributed by atoms with van der Waals surface area (Å²) >= 11 is 2.97. The second kappa shape index (κ2) is 7.75. The van der Waals surface area contributed by atoms with Crippen molar-refractivity contribution in [2.45, 2.75) is 18.9 Å². The molecule has 0 spiro atoms. The number of thiophene rings is 1. The zero-order valence-electron chi connectivity index (χ0n) is 17.3. The lowest BCUT2D eigenvalue weighted by molar-refractivity contribution is -0.384. The normalized spacial score (nSPS) is 17.2. The zero-order chi connectivity index (χ0) is 22.5. The molecule has 0 unspecified atom stereocenters. The number of benzene rings is 2. The number of thiazole rings is 1. The van der Waals surface area contributed by atoms with E-state index in [2.05, 4.69) is 24.3 Å². The number of non-ortho nitro benzene ring substituents is 1. The molecule has 3 heterocycles. The summed E-state index contributed by atoms with van der Waals surface area (Å²) in [6, 6.07) is 18.6. The standard InChI is InChI=1S/C25H17N3O3S2/c29-24-21(14-15-5-3-7-17(13-15)28(30)31)33-25-26-22-18-8-2-1-6-16(18)10-11-19(22)23(27(24)25)20-9-4-12-32-20/h1-9,12-14,23H,10-11H2/b21-14+/t23-/m0/s1. The molecule has 1 atom stereocenters. The maximum absolute atomic E-state index is 13.6. The lowest BCUT2D eigenvalue weighted by Gasteiger charge is -2.30. The Labute approximate surface area is 196 Å². The summed E-state index contributed by atoms with van der Waals surface area (Å²) in [6.45, 7) is 0. The first-order valence-corrected chi connectivity index (χ1v) is 12.2. The van der Waals surface area contributed by atoms with Crippen LogP contribution in [0.3, 0.4) is 0 Å². The highest BCUT2D eigenvalue weighted by Gasteiger charge is 2.32. The highest BCUT2D eigenvalue weighted by molar-refractivity contribution is 7.10. The molecule has 8 heteroatoms. The molecule has 0 radical (unpaired) electrons. The van der Waals surface area contributed by atoms with Gasteiger partial charge in [0.15, 0.2) is 4.80 Å². The summed E-state index contributed by atoms with van der Waals surface area (Å²) in [5.74, 6) is 0. The second-order valence-electron chi connectivity index (χ2n) is 7.98. The fraction of sp³-hybridized carbons (Fsp3) is 0.120. The molecule has 0 amide bonds. The number of rotatable bonds is 3. The fourth-order valence-corrected chi connectivity index (χ4v) is 6.45. The number of nitro groups is 1. The molecular weight excluding hydrogens is 454 g/mol. The topological polar surface area (TPSA) is 77.5 Å². The van der Waals surface area contributed by atoms with E-state index in [9.17, 15) is 14.9 Å². The smallest absolute Gasteiger partial charge is 0.271 e. The summed E-state index contributed by atoms with van der Waals surface area (Å²) < 4.78 is 2.32. The van der Waals surface area contributed by atoms with Gasteiger partial charge in [-0.2, -0.15) is 0 Å². The molecule has 2 aromatic carbocycles. The number of aromatic nitrogens is 1. The molecule has 1 aliphatic carbocycles. The van der Waals surface area contributed by atoms with Gasteiger partial charge in [0, 0.05) is 22.6 Å². The average molecular weight is 472 g/mol. The highest BCUT2D eigenvalue weighted by Crippen LogP contribution is 2.42. The van der Waals surface area contributed by atoms with E-state index in [1.54, 1.807) is 34.1 Å². The summed E-state index contributed by atoms with van der Waals surface area (Å²) in [7, 11) is 0. The Kier molecular flexibility index (Phi) is 4.70. The molecule has 2 aliphatic rings. The van der Waals surface area contributed by atoms with E-state index < -0.39 is 4.92 Å². The van der Waals surface area contributed by atoms with Crippen molar-refractivity contribution in [1.29, 1.82) is 0 Å². The van der Waals surface area contributed by atoms with E-state index in [0.29, 0.717) is 14.9 Å². The van der Waals surface area contributed by atoms with Gasteiger partial charge >= 0.3 is 0 Å². The van der Waals surface area contributed by atoms with Crippen molar-refractivity contribution in [3.8, 4) is 0 Å². The van der Waals surface area contributed by atoms with Gasteiger partial charge in [0.2, 0.25) is 0 Å². The first-order chi connectivity index (χ1) is 16.1. The number of nitrogens with zero attached hydrogens (tertiary/aromatic N) is 3. The highest BCUT2D eigenvalue weighted by atomic mass is 32.1. The minimum Gasteiger partial charge on any atom is -0.271 e. The first kappa shape index (κ1) is 20.0. The second-order valence-corrected chi connectivity index (χ2v) is 9.97. The predicted molar refractivity (Wildman–Crippen MR) is 130 cm³/mol. The van der Waals surface area contributed by atoms with E-state index in [-0.39, 0.29) is 17.3 Å². The van der Waals surface area contributed by atoms with Crippen molar-refractivity contribution in [3.63, 3.8) is 0 Å². The fourth-order valence-electron chi connectivity index (χ4n) is 4.60. The van der Waals surface area contributed by atoms with Crippen LogP contribution in [0.1, 0.15) is 34.0 Å². The third kappa shape index (κ3) is 3.30. The maximum atomic E-state index is 13.6. The third-order valence-corrected chi connectivity index (χ3v) is 7.97. The maximum Gasteiger partial charge on any atom is 0.271 e. The Balaban J connectivity index is 1.60. The summed E-state index contributed by atoms with van der Waals surface area (Å²) in [5.41, 5.74) is 5.06. The van der Waals surface area contributed by atoms with Crippen molar-refractivity contribution in [2.24, 2.45) is 4.99 Å². The van der Waals surface area contributed by atoms with Gasteiger partial charge in [0.05, 0.1) is 21.2 Å². The van der Waals surface area contributed by atoms with Crippen LogP contribution in [0, 0.1) is 10.1 Å². The van der Waals surface area contributed by atoms with Crippen molar-refractivity contribution >= 4 is 40.1 Å². The van der Waals surface area contributed by atoms with Gasteiger partial charge in [-0.3, -0.25) is 19.5 Å². The van der Waals surface area contributed by atoms with Crippen molar-refractivity contribution in [2.75, 3.05) is 0 Å². The van der Waals surface area contributed by atoms with Crippen LogP contribution in [-0.4, -0.2) is 9.49 Å². The van der Waals surface area contributed by atoms with Crippen molar-refractivity contribution < 1.29 is 4.92 Å². The molecule has 0 fully saturated rings. The summed E-state index contributed by atoms with van der Waals surface area (Å²) in [5, 5.41) is 13.2. The molecule has 162 valence electrons. The van der Waals surface area contributed by atoms with Crippen LogP contribution < -0.4 is 14.9 Å². The van der Waals surface area contributed by atoms with Gasteiger partial charge < -0.3 is 0 Å². The van der Waals surface area contributed by atoms with Gasteiger partial charge in [0.25, 0.3) is 11.2 Å². The Hall–Kier alpha value is -3.62. The molecule has 33 heavy (non-hydrogen) atoms. The number of aryl methyl sites for hydroxylation is 1. The minimum atomic E-state index is -0.429. The Morgan fingerprint density at radius 1 is 1.09 bits per heavy atom. The quantitative estimate of drug-likeness (QED) is 0.330. The number of fused-ring (bicyclic) bond motifs is 3. The largest absolute Gasteiger partial charge is 0.271 e. The van der Waals surface area contributed by atoms with Crippen LogP contribution in [-0.2, 0) is 6.42 Å². The molecule has 0 N–H and O–H groups in total. The van der Waals surface area contributed by atoms with Crippen LogP contribution in [0.15, 0.2) is 81.4 Å². The molecule has 0 saturated heterocycles. The van der Waals surface area contributed by atoms with Crippen LogP contribution in [0.2, 0.25) is 0 Å². The van der Waals surface area contributed by atoms with Crippen LogP contribution in [0.4, 0.5) is 5.69 Å². The zero-order valence-corrected chi connectivity index (χ0v) is 18.9. The summed E-state index contributed by atoms with van der Waals surface area (Å²) in [4.78, 5) is 31.1. The van der Waals surface area contributed by atoms with Gasteiger partial charge in [-0.05, 0) is 47.1 Å². The minimum absolute atomic E-state index is 0.0000545. The van der Waals surface area contributed by atoms with E-state index in [0.717, 1.165) is 29.0 Å². The van der Waals surface area contributed by atoms with Crippen LogP contribution in [0.25, 0.3) is 11.8 Å². The molecule has 6 rings (SSSR count).